The van der Waals surface area contributed by atoms with Gasteiger partial charge in [0.1, 0.15) is 15.9 Å². The molecule has 0 radical (unpaired) electrons. The molecule has 2 aliphatic rings. The third-order valence-corrected chi connectivity index (χ3v) is 5.83. The zero-order chi connectivity index (χ0) is 15.1. The predicted molar refractivity (Wildman–Crippen MR) is 87.5 cm³/mol. The molecule has 7 heteroatoms. The number of nitrogens with zero attached hydrogens (tertiary/aromatic N) is 5. The van der Waals surface area contributed by atoms with Crippen molar-refractivity contribution in [2.75, 3.05) is 13.1 Å². The lowest BCUT2D eigenvalue weighted by atomic mass is 10.0. The molecule has 0 bridgehead atoms. The SMILES string of the molecule is Cc1nc2c(n1[C@H]1CCN(Cc3nnsc3Cl)C1)CCCC2. The largest absolute Gasteiger partial charge is 0.328 e. The summed E-state index contributed by atoms with van der Waals surface area (Å²) in [5.74, 6) is 1.19. The summed E-state index contributed by atoms with van der Waals surface area (Å²) >= 11 is 7.40. The van der Waals surface area contributed by atoms with Crippen molar-refractivity contribution in [3.63, 3.8) is 0 Å². The molecule has 4 rings (SSSR count). The molecule has 0 unspecified atom stereocenters. The Balaban J connectivity index is 1.51. The number of halogens is 1. The molecule has 2 aromatic rings. The Kier molecular flexibility index (Phi) is 3.92. The fourth-order valence-corrected chi connectivity index (χ4v) is 4.46. The Morgan fingerprint density at radius 1 is 1.32 bits per heavy atom. The molecule has 22 heavy (non-hydrogen) atoms. The average molecular weight is 338 g/mol. The third kappa shape index (κ3) is 2.57. The van der Waals surface area contributed by atoms with Gasteiger partial charge in [-0.05, 0) is 39.0 Å². The van der Waals surface area contributed by atoms with Gasteiger partial charge in [-0.1, -0.05) is 16.1 Å². The van der Waals surface area contributed by atoms with E-state index in [0.717, 1.165) is 36.1 Å². The number of aromatic nitrogens is 4. The van der Waals surface area contributed by atoms with Gasteiger partial charge in [-0.2, -0.15) is 0 Å². The zero-order valence-corrected chi connectivity index (χ0v) is 14.3. The van der Waals surface area contributed by atoms with Crippen LogP contribution in [0.1, 0.15) is 48.2 Å². The van der Waals surface area contributed by atoms with Gasteiger partial charge in [0.25, 0.3) is 0 Å². The van der Waals surface area contributed by atoms with Crippen LogP contribution in [0.3, 0.4) is 0 Å². The fourth-order valence-electron chi connectivity index (χ4n) is 3.85. The van der Waals surface area contributed by atoms with Crippen molar-refractivity contribution in [1.82, 2.24) is 24.0 Å². The van der Waals surface area contributed by atoms with Crippen LogP contribution in [0.2, 0.25) is 4.34 Å². The highest BCUT2D eigenvalue weighted by atomic mass is 35.5. The second-order valence-electron chi connectivity index (χ2n) is 6.30. The summed E-state index contributed by atoms with van der Waals surface area (Å²) in [5.41, 5.74) is 3.75. The molecule has 2 aromatic heterocycles. The van der Waals surface area contributed by atoms with E-state index in [2.05, 4.69) is 26.0 Å². The molecule has 5 nitrogen and oxygen atoms in total. The standard InChI is InChI=1S/C15H20ClN5S/c1-10-17-12-4-2-3-5-14(12)21(10)11-6-7-20(8-11)9-13-15(16)22-19-18-13/h11H,2-9H2,1H3/t11-/m0/s1. The molecule has 118 valence electrons. The van der Waals surface area contributed by atoms with Crippen LogP contribution in [0.4, 0.5) is 0 Å². The zero-order valence-electron chi connectivity index (χ0n) is 12.8. The van der Waals surface area contributed by atoms with Gasteiger partial charge in [0.15, 0.2) is 0 Å². The van der Waals surface area contributed by atoms with E-state index >= 15 is 0 Å². The van der Waals surface area contributed by atoms with Gasteiger partial charge in [0.2, 0.25) is 0 Å². The summed E-state index contributed by atoms with van der Waals surface area (Å²) in [6.07, 6.45) is 6.11. The first kappa shape index (κ1) is 14.6. The van der Waals surface area contributed by atoms with Crippen LogP contribution >= 0.6 is 23.1 Å². The minimum absolute atomic E-state index is 0.541. The monoisotopic (exact) mass is 337 g/mol. The first-order valence-corrected chi connectivity index (χ1v) is 9.13. The van der Waals surface area contributed by atoms with E-state index in [9.17, 15) is 0 Å². The number of hydrogen-bond acceptors (Lipinski definition) is 5. The van der Waals surface area contributed by atoms with Gasteiger partial charge in [-0.25, -0.2) is 4.98 Å². The van der Waals surface area contributed by atoms with Crippen molar-refractivity contribution in [2.45, 2.75) is 51.6 Å². The molecule has 1 atom stereocenters. The number of likely N-dealkylation sites (tertiary alicyclic amines) is 1. The van der Waals surface area contributed by atoms with Crippen LogP contribution < -0.4 is 0 Å². The Hall–Kier alpha value is -0.980. The van der Waals surface area contributed by atoms with E-state index in [4.69, 9.17) is 16.6 Å². The average Bonchev–Trinajstić information content (AvgIpc) is 3.19. The number of fused-ring (bicyclic) bond motifs is 1. The van der Waals surface area contributed by atoms with Gasteiger partial charge >= 0.3 is 0 Å². The van der Waals surface area contributed by atoms with Crippen LogP contribution in [-0.4, -0.2) is 37.1 Å². The maximum Gasteiger partial charge on any atom is 0.138 e. The quantitative estimate of drug-likeness (QED) is 0.863. The highest BCUT2D eigenvalue weighted by Crippen LogP contribution is 2.31. The molecule has 0 aromatic carbocycles. The maximum atomic E-state index is 6.13. The smallest absolute Gasteiger partial charge is 0.138 e. The minimum Gasteiger partial charge on any atom is -0.328 e. The molecular formula is C15H20ClN5S. The summed E-state index contributed by atoms with van der Waals surface area (Å²) in [5, 5.41) is 4.13. The lowest BCUT2D eigenvalue weighted by Crippen LogP contribution is -2.23. The highest BCUT2D eigenvalue weighted by Gasteiger charge is 2.29. The predicted octanol–water partition coefficient (Wildman–Crippen LogP) is 3.02. The fraction of sp³-hybridized carbons (Fsp3) is 0.667. The lowest BCUT2D eigenvalue weighted by Gasteiger charge is -2.21. The van der Waals surface area contributed by atoms with Gasteiger partial charge in [0, 0.05) is 42.9 Å². The van der Waals surface area contributed by atoms with Crippen molar-refractivity contribution in [2.24, 2.45) is 0 Å². The second-order valence-corrected chi connectivity index (χ2v) is 7.66. The Morgan fingerprint density at radius 2 is 2.18 bits per heavy atom. The Bertz CT molecular complexity index is 680. The Labute approximate surface area is 139 Å². The van der Waals surface area contributed by atoms with Crippen LogP contribution in [0, 0.1) is 6.92 Å². The summed E-state index contributed by atoms with van der Waals surface area (Å²) in [7, 11) is 0. The van der Waals surface area contributed by atoms with E-state index in [0.29, 0.717) is 6.04 Å². The van der Waals surface area contributed by atoms with Crippen LogP contribution in [0.5, 0.6) is 0 Å². The summed E-state index contributed by atoms with van der Waals surface area (Å²) in [6, 6.07) is 0.541. The van der Waals surface area contributed by atoms with E-state index in [-0.39, 0.29) is 0 Å². The molecule has 3 heterocycles. The van der Waals surface area contributed by atoms with Gasteiger partial charge in [-0.3, -0.25) is 4.90 Å². The number of aryl methyl sites for hydroxylation is 2. The van der Waals surface area contributed by atoms with E-state index in [1.807, 2.05) is 0 Å². The number of rotatable bonds is 3. The van der Waals surface area contributed by atoms with Crippen molar-refractivity contribution in [3.05, 3.63) is 27.2 Å². The van der Waals surface area contributed by atoms with Crippen LogP contribution in [0.15, 0.2) is 0 Å². The van der Waals surface area contributed by atoms with Gasteiger partial charge in [0.05, 0.1) is 5.69 Å². The maximum absolute atomic E-state index is 6.13. The molecule has 1 aliphatic carbocycles. The van der Waals surface area contributed by atoms with E-state index in [1.54, 1.807) is 0 Å². The van der Waals surface area contributed by atoms with Crippen molar-refractivity contribution >= 4 is 23.1 Å². The third-order valence-electron chi connectivity index (χ3n) is 4.84. The van der Waals surface area contributed by atoms with E-state index < -0.39 is 0 Å². The molecule has 0 amide bonds. The Morgan fingerprint density at radius 3 is 3.00 bits per heavy atom. The normalized spacial score (nSPS) is 22.2. The topological polar surface area (TPSA) is 46.8 Å². The molecule has 1 saturated heterocycles. The van der Waals surface area contributed by atoms with E-state index in [1.165, 1.54) is 54.4 Å². The first-order valence-electron chi connectivity index (χ1n) is 7.98. The van der Waals surface area contributed by atoms with Gasteiger partial charge in [-0.15, -0.1) is 5.10 Å². The molecule has 1 aliphatic heterocycles. The van der Waals surface area contributed by atoms with Crippen molar-refractivity contribution in [1.29, 1.82) is 0 Å². The summed E-state index contributed by atoms with van der Waals surface area (Å²) in [6.45, 7) is 5.10. The number of hydrogen-bond donors (Lipinski definition) is 0. The van der Waals surface area contributed by atoms with Gasteiger partial charge < -0.3 is 4.57 Å². The highest BCUT2D eigenvalue weighted by molar-refractivity contribution is 7.10. The number of imidazole rings is 1. The lowest BCUT2D eigenvalue weighted by molar-refractivity contribution is 0.310. The first-order chi connectivity index (χ1) is 10.7. The van der Waals surface area contributed by atoms with Crippen molar-refractivity contribution in [3.8, 4) is 0 Å². The molecule has 1 fully saturated rings. The molecular weight excluding hydrogens is 318 g/mol. The van der Waals surface area contributed by atoms with Crippen molar-refractivity contribution < 1.29 is 0 Å². The molecule has 0 N–H and O–H groups in total. The molecule has 0 spiro atoms. The molecule has 0 saturated carbocycles. The second kappa shape index (κ2) is 5.91. The van der Waals surface area contributed by atoms with Crippen LogP contribution in [-0.2, 0) is 19.4 Å². The minimum atomic E-state index is 0.541. The summed E-state index contributed by atoms with van der Waals surface area (Å²) in [4.78, 5) is 7.25. The summed E-state index contributed by atoms with van der Waals surface area (Å²) < 4.78 is 7.15. The van der Waals surface area contributed by atoms with Crippen LogP contribution in [0.25, 0.3) is 0 Å².